The zero-order chi connectivity index (χ0) is 4.28. The van der Waals surface area contributed by atoms with Gasteiger partial charge < -0.3 is 11.3 Å². The summed E-state index contributed by atoms with van der Waals surface area (Å²) in [6.45, 7) is 2.90. The fourth-order valence-corrected chi connectivity index (χ4v) is 0. The molecule has 0 aliphatic rings. The van der Waals surface area contributed by atoms with Gasteiger partial charge in [-0.25, -0.2) is 0 Å². The van der Waals surface area contributed by atoms with Gasteiger partial charge in [-0.05, 0) is 6.08 Å². The minimum absolute atomic E-state index is 0. The predicted molar refractivity (Wildman–Crippen MR) is 16.3 cm³/mol. The van der Waals surface area contributed by atoms with E-state index in [-0.39, 0.29) is 60.5 Å². The Morgan fingerprint density at radius 3 is 1.86 bits per heavy atom. The first-order chi connectivity index (χ1) is 2.27. The zero-order valence-electron chi connectivity index (χ0n) is 5.60. The number of hydrogen-bond acceptors (Lipinski definition) is 2. The second kappa shape index (κ2) is 10.2. The molecule has 2 nitrogen and oxygen atoms in total. The average Bonchev–Trinajstić information content (AvgIpc) is 1.38. The molecular weight excluding hydrogens is 114 g/mol. The molecule has 0 fully saturated rings. The molecule has 0 aliphatic heterocycles. The standard InChI is InChI=1S/C3H4O2.2Na.H/c1-2-3(4)5;;;/h2H,1H2,(H,4,5);;;/q;2*+1;-1/p-1. The van der Waals surface area contributed by atoms with E-state index in [9.17, 15) is 0 Å². The molecule has 7 heavy (non-hydrogen) atoms. The summed E-state index contributed by atoms with van der Waals surface area (Å²) in [5.41, 5.74) is 0. The number of carbonyl (C=O) groups excluding carboxylic acids is 1. The van der Waals surface area contributed by atoms with Crippen molar-refractivity contribution in [1.29, 1.82) is 0 Å². The number of carbonyl (C=O) groups is 1. The monoisotopic (exact) mass is 118 g/mol. The van der Waals surface area contributed by atoms with E-state index < -0.39 is 5.97 Å². The Bertz CT molecular complexity index is 66.3. The maximum atomic E-state index is 9.14. The number of hydrogen-bond donors (Lipinski definition) is 0. The summed E-state index contributed by atoms with van der Waals surface area (Å²) in [7, 11) is 0. The number of aliphatic carboxylic acids is 1. The molecule has 0 heterocycles. The normalized spacial score (nSPS) is 4.57. The molecule has 0 aliphatic carbocycles. The second-order valence-electron chi connectivity index (χ2n) is 0.523. The Labute approximate surface area is 88.0 Å². The quantitative estimate of drug-likeness (QED) is 0.253. The molecule has 0 saturated carbocycles. The molecule has 0 amide bonds. The van der Waals surface area contributed by atoms with Crippen LogP contribution in [0.1, 0.15) is 1.43 Å². The third kappa shape index (κ3) is 19.0. The van der Waals surface area contributed by atoms with Crippen molar-refractivity contribution in [2.75, 3.05) is 0 Å². The molecule has 0 radical (unpaired) electrons. The van der Waals surface area contributed by atoms with Crippen LogP contribution in [0.5, 0.6) is 0 Å². The zero-order valence-corrected chi connectivity index (χ0v) is 8.60. The molecule has 0 aromatic carbocycles. The van der Waals surface area contributed by atoms with Crippen molar-refractivity contribution in [1.82, 2.24) is 0 Å². The van der Waals surface area contributed by atoms with E-state index in [4.69, 9.17) is 9.90 Å². The molecule has 0 aromatic heterocycles. The van der Waals surface area contributed by atoms with Crippen molar-refractivity contribution in [2.45, 2.75) is 0 Å². The topological polar surface area (TPSA) is 40.1 Å². The maximum Gasteiger partial charge on any atom is 1.00 e. The fourth-order valence-electron chi connectivity index (χ4n) is 0. The molecule has 0 N–H and O–H groups in total. The Morgan fingerprint density at radius 2 is 1.86 bits per heavy atom. The van der Waals surface area contributed by atoms with Gasteiger partial charge in [-0.2, -0.15) is 0 Å². The molecule has 0 aromatic rings. The van der Waals surface area contributed by atoms with E-state index in [2.05, 4.69) is 6.58 Å². The van der Waals surface area contributed by atoms with Crippen LogP contribution < -0.4 is 64.2 Å². The molecule has 0 saturated heterocycles. The van der Waals surface area contributed by atoms with Crippen LogP contribution in [0.3, 0.4) is 0 Å². The molecule has 0 rings (SSSR count). The summed E-state index contributed by atoms with van der Waals surface area (Å²) in [5, 5.41) is 9.14. The van der Waals surface area contributed by atoms with Crippen LogP contribution >= 0.6 is 0 Å². The third-order valence-electron chi connectivity index (χ3n) is 0.167. The molecular formula is C3H4Na2O2. The Kier molecular flexibility index (Phi) is 23.0. The van der Waals surface area contributed by atoms with Crippen molar-refractivity contribution in [3.8, 4) is 0 Å². The summed E-state index contributed by atoms with van der Waals surface area (Å²) in [5.74, 6) is -1.23. The third-order valence-corrected chi connectivity index (χ3v) is 0.167. The van der Waals surface area contributed by atoms with E-state index in [0.717, 1.165) is 6.08 Å². The van der Waals surface area contributed by atoms with E-state index in [1.807, 2.05) is 0 Å². The number of carboxylic acid groups (broad SMARTS) is 1. The van der Waals surface area contributed by atoms with E-state index in [1.165, 1.54) is 0 Å². The van der Waals surface area contributed by atoms with Crippen molar-refractivity contribution in [3.63, 3.8) is 0 Å². The van der Waals surface area contributed by atoms with Crippen LogP contribution in [0, 0.1) is 0 Å². The summed E-state index contributed by atoms with van der Waals surface area (Å²) in [6, 6.07) is 0. The van der Waals surface area contributed by atoms with Gasteiger partial charge in [-0.1, -0.05) is 6.58 Å². The van der Waals surface area contributed by atoms with Gasteiger partial charge >= 0.3 is 59.1 Å². The van der Waals surface area contributed by atoms with Crippen LogP contribution in [0.25, 0.3) is 0 Å². The average molecular weight is 118 g/mol. The Hall–Kier alpha value is 1.21. The van der Waals surface area contributed by atoms with Crippen molar-refractivity contribution in [3.05, 3.63) is 12.7 Å². The predicted octanol–water partition coefficient (Wildman–Crippen LogP) is -6.96. The molecule has 0 spiro atoms. The molecule has 0 atom stereocenters. The van der Waals surface area contributed by atoms with Gasteiger partial charge in [0, 0.05) is 0 Å². The van der Waals surface area contributed by atoms with Crippen molar-refractivity contribution in [2.24, 2.45) is 0 Å². The fraction of sp³-hybridized carbons (Fsp3) is 0. The van der Waals surface area contributed by atoms with Gasteiger partial charge in [0.25, 0.3) is 0 Å². The smallest absolute Gasteiger partial charge is 1.00 e. The first-order valence-corrected chi connectivity index (χ1v) is 1.11. The van der Waals surface area contributed by atoms with Crippen molar-refractivity contribution < 1.29 is 70.4 Å². The van der Waals surface area contributed by atoms with Gasteiger partial charge in [0.05, 0.1) is 5.97 Å². The van der Waals surface area contributed by atoms with Gasteiger partial charge in [0.1, 0.15) is 0 Å². The first kappa shape index (κ1) is 15.7. The van der Waals surface area contributed by atoms with Gasteiger partial charge in [-0.15, -0.1) is 0 Å². The number of carboxylic acids is 1. The summed E-state index contributed by atoms with van der Waals surface area (Å²) < 4.78 is 0. The second-order valence-corrected chi connectivity index (χ2v) is 0.523. The molecule has 30 valence electrons. The minimum Gasteiger partial charge on any atom is -1.00 e. The van der Waals surface area contributed by atoms with Crippen molar-refractivity contribution >= 4 is 5.97 Å². The van der Waals surface area contributed by atoms with E-state index in [0.29, 0.717) is 0 Å². The molecule has 0 bridgehead atoms. The molecule has 0 unspecified atom stereocenters. The van der Waals surface area contributed by atoms with Gasteiger partial charge in [0.2, 0.25) is 0 Å². The van der Waals surface area contributed by atoms with Crippen LogP contribution in [0.4, 0.5) is 0 Å². The van der Waals surface area contributed by atoms with Gasteiger partial charge in [0.15, 0.2) is 0 Å². The minimum atomic E-state index is -1.23. The number of rotatable bonds is 1. The van der Waals surface area contributed by atoms with Gasteiger partial charge in [-0.3, -0.25) is 0 Å². The summed E-state index contributed by atoms with van der Waals surface area (Å²) in [4.78, 5) is 9.14. The SMILES string of the molecule is C=CC(=O)[O-].[H-].[Na+].[Na+]. The van der Waals surface area contributed by atoms with Crippen LogP contribution in [0.15, 0.2) is 12.7 Å². The van der Waals surface area contributed by atoms with E-state index >= 15 is 0 Å². The Morgan fingerprint density at radius 1 is 1.71 bits per heavy atom. The summed E-state index contributed by atoms with van der Waals surface area (Å²) >= 11 is 0. The van der Waals surface area contributed by atoms with Crippen LogP contribution in [-0.4, -0.2) is 5.97 Å². The maximum absolute atomic E-state index is 9.14. The largest absolute Gasteiger partial charge is 1.00 e. The van der Waals surface area contributed by atoms with E-state index in [1.54, 1.807) is 0 Å². The Balaban J connectivity index is -0.0000000267. The summed E-state index contributed by atoms with van der Waals surface area (Å²) in [6.07, 6.45) is 0.722. The first-order valence-electron chi connectivity index (χ1n) is 1.11. The van der Waals surface area contributed by atoms with Crippen LogP contribution in [0.2, 0.25) is 0 Å². The van der Waals surface area contributed by atoms with Crippen LogP contribution in [-0.2, 0) is 4.79 Å². The molecule has 4 heteroatoms.